The molecule has 1 N–H and O–H groups in total. The second-order valence-electron chi connectivity index (χ2n) is 10.8. The molecule has 10 aromatic rings. The molecular weight excluding hydrogens is 520 g/mol. The van der Waals surface area contributed by atoms with Crippen molar-refractivity contribution >= 4 is 96.9 Å². The van der Waals surface area contributed by atoms with E-state index in [1.54, 1.807) is 0 Å². The van der Waals surface area contributed by atoms with Gasteiger partial charge >= 0.3 is 0 Å². The summed E-state index contributed by atoms with van der Waals surface area (Å²) in [4.78, 5) is 12.8. The summed E-state index contributed by atoms with van der Waals surface area (Å²) in [7, 11) is 0. The van der Waals surface area contributed by atoms with Crippen molar-refractivity contribution in [2.75, 3.05) is 0 Å². The van der Waals surface area contributed by atoms with Gasteiger partial charge in [0.15, 0.2) is 0 Å². The zero-order valence-corrected chi connectivity index (χ0v) is 22.5. The van der Waals surface area contributed by atoms with Crippen LogP contribution in [0.5, 0.6) is 0 Å². The Hall–Kier alpha value is -5.26. The molecular formula is C36H20N4S. The van der Waals surface area contributed by atoms with E-state index in [1.807, 2.05) is 35.9 Å². The van der Waals surface area contributed by atoms with Crippen LogP contribution in [-0.2, 0) is 0 Å². The lowest BCUT2D eigenvalue weighted by molar-refractivity contribution is 1.19. The highest BCUT2D eigenvalue weighted by molar-refractivity contribution is 7.26. The second kappa shape index (κ2) is 7.68. The number of rotatable bonds is 1. The maximum Gasteiger partial charge on any atom is 0.138 e. The first-order valence-electron chi connectivity index (χ1n) is 13.7. The van der Waals surface area contributed by atoms with Gasteiger partial charge in [-0.1, -0.05) is 42.5 Å². The van der Waals surface area contributed by atoms with Crippen LogP contribution in [0.25, 0.3) is 91.3 Å². The number of hydrogen-bond acceptors (Lipinski definition) is 3. The number of nitrogens with zero attached hydrogens (tertiary/aromatic N) is 3. The van der Waals surface area contributed by atoms with E-state index in [1.165, 1.54) is 63.5 Å². The van der Waals surface area contributed by atoms with Crippen molar-refractivity contribution in [2.24, 2.45) is 0 Å². The SMILES string of the molecule is c1ccc2c(c1)ncc1cc(-n3c4ccccc4c4cc5c(cc43)sc3cc4[nH]c6ncccc6c4cc35)ccc12. The molecule has 41 heavy (non-hydrogen) atoms. The normalized spacial score (nSPS) is 12.4. The molecule has 0 saturated carbocycles. The third-order valence-corrected chi connectivity index (χ3v) is 9.70. The van der Waals surface area contributed by atoms with E-state index in [4.69, 9.17) is 4.98 Å². The van der Waals surface area contributed by atoms with E-state index in [-0.39, 0.29) is 0 Å². The fraction of sp³-hybridized carbons (Fsp3) is 0. The largest absolute Gasteiger partial charge is 0.339 e. The summed E-state index contributed by atoms with van der Waals surface area (Å²) in [5.41, 5.74) is 6.68. The van der Waals surface area contributed by atoms with Crippen LogP contribution < -0.4 is 0 Å². The third-order valence-electron chi connectivity index (χ3n) is 8.58. The van der Waals surface area contributed by atoms with Crippen LogP contribution >= 0.6 is 11.3 Å². The Bertz CT molecular complexity index is 2710. The van der Waals surface area contributed by atoms with Crippen LogP contribution in [0.3, 0.4) is 0 Å². The summed E-state index contributed by atoms with van der Waals surface area (Å²) in [5, 5.41) is 11.1. The molecule has 10 rings (SSSR count). The number of H-pyrrole nitrogens is 1. The summed E-state index contributed by atoms with van der Waals surface area (Å²) in [6.07, 6.45) is 3.84. The summed E-state index contributed by atoms with van der Waals surface area (Å²) >= 11 is 1.86. The van der Waals surface area contributed by atoms with Gasteiger partial charge in [0.05, 0.1) is 16.6 Å². The third kappa shape index (κ3) is 2.88. The number of aromatic amines is 1. The van der Waals surface area contributed by atoms with Gasteiger partial charge in [0.2, 0.25) is 0 Å². The van der Waals surface area contributed by atoms with Crippen LogP contribution in [0.1, 0.15) is 0 Å². The molecule has 0 aliphatic carbocycles. The van der Waals surface area contributed by atoms with Crippen molar-refractivity contribution < 1.29 is 0 Å². The lowest BCUT2D eigenvalue weighted by Gasteiger charge is -2.10. The number of aromatic nitrogens is 4. The van der Waals surface area contributed by atoms with E-state index < -0.39 is 0 Å². The van der Waals surface area contributed by atoms with Crippen LogP contribution in [-0.4, -0.2) is 19.5 Å². The monoisotopic (exact) mass is 540 g/mol. The quantitative estimate of drug-likeness (QED) is 0.211. The first-order valence-corrected chi connectivity index (χ1v) is 14.6. The molecule has 0 atom stereocenters. The molecule has 0 unspecified atom stereocenters. The average Bonchev–Trinajstić information content (AvgIpc) is 3.66. The summed E-state index contributed by atoms with van der Waals surface area (Å²) in [6.45, 7) is 0. The number of fused-ring (bicyclic) bond motifs is 12. The van der Waals surface area contributed by atoms with E-state index in [0.29, 0.717) is 0 Å². The Kier molecular flexibility index (Phi) is 4.04. The molecule has 4 nitrogen and oxygen atoms in total. The van der Waals surface area contributed by atoms with Gasteiger partial charge in [-0.2, -0.15) is 0 Å². The summed E-state index contributed by atoms with van der Waals surface area (Å²) in [5.74, 6) is 0. The lowest BCUT2D eigenvalue weighted by Crippen LogP contribution is -1.94. The molecule has 0 radical (unpaired) electrons. The Morgan fingerprint density at radius 3 is 2.32 bits per heavy atom. The van der Waals surface area contributed by atoms with Crippen LogP contribution in [0.2, 0.25) is 0 Å². The molecule has 5 aromatic carbocycles. The highest BCUT2D eigenvalue weighted by Gasteiger charge is 2.17. The molecule has 5 heterocycles. The van der Waals surface area contributed by atoms with Crippen molar-refractivity contribution in [3.05, 3.63) is 116 Å². The van der Waals surface area contributed by atoms with Crippen molar-refractivity contribution in [3.63, 3.8) is 0 Å². The number of para-hydroxylation sites is 2. The predicted octanol–water partition coefficient (Wildman–Crippen LogP) is 9.88. The highest BCUT2D eigenvalue weighted by Crippen LogP contribution is 2.42. The molecule has 0 fully saturated rings. The zero-order chi connectivity index (χ0) is 26.7. The predicted molar refractivity (Wildman–Crippen MR) is 174 cm³/mol. The molecule has 5 heteroatoms. The van der Waals surface area contributed by atoms with Crippen LogP contribution in [0.4, 0.5) is 0 Å². The molecule has 5 aromatic heterocycles. The topological polar surface area (TPSA) is 46.5 Å². The van der Waals surface area contributed by atoms with Crippen molar-refractivity contribution in [2.45, 2.75) is 0 Å². The molecule has 0 amide bonds. The van der Waals surface area contributed by atoms with E-state index >= 15 is 0 Å². The average molecular weight is 541 g/mol. The van der Waals surface area contributed by atoms with Gasteiger partial charge in [-0.05, 0) is 66.0 Å². The second-order valence-corrected chi connectivity index (χ2v) is 11.9. The fourth-order valence-corrected chi connectivity index (χ4v) is 7.87. The Labute approximate surface area is 237 Å². The van der Waals surface area contributed by atoms with Gasteiger partial charge in [-0.25, -0.2) is 4.98 Å². The molecule has 0 saturated heterocycles. The summed E-state index contributed by atoms with van der Waals surface area (Å²) < 4.78 is 4.98. The first kappa shape index (κ1) is 21.5. The van der Waals surface area contributed by atoms with Crippen molar-refractivity contribution in [3.8, 4) is 5.69 Å². The van der Waals surface area contributed by atoms with Gasteiger partial charge in [-0.15, -0.1) is 11.3 Å². The van der Waals surface area contributed by atoms with Gasteiger partial charge in [0.25, 0.3) is 0 Å². The number of hydrogen-bond donors (Lipinski definition) is 1. The number of benzene rings is 5. The zero-order valence-electron chi connectivity index (χ0n) is 21.7. The Morgan fingerprint density at radius 1 is 0.561 bits per heavy atom. The van der Waals surface area contributed by atoms with Crippen LogP contribution in [0, 0.1) is 0 Å². The minimum atomic E-state index is 0.938. The molecule has 0 aliphatic rings. The van der Waals surface area contributed by atoms with E-state index in [9.17, 15) is 0 Å². The van der Waals surface area contributed by atoms with Gasteiger partial charge in [0.1, 0.15) is 5.65 Å². The molecule has 190 valence electrons. The van der Waals surface area contributed by atoms with Gasteiger partial charge < -0.3 is 9.55 Å². The van der Waals surface area contributed by atoms with Crippen molar-refractivity contribution in [1.29, 1.82) is 0 Å². The first-order chi connectivity index (χ1) is 20.3. The van der Waals surface area contributed by atoms with E-state index in [0.717, 1.165) is 27.8 Å². The number of thiophene rings is 1. The highest BCUT2D eigenvalue weighted by atomic mass is 32.1. The maximum atomic E-state index is 4.75. The number of nitrogens with one attached hydrogen (secondary N) is 1. The lowest BCUT2D eigenvalue weighted by atomic mass is 10.1. The minimum Gasteiger partial charge on any atom is -0.339 e. The molecule has 0 bridgehead atoms. The molecule has 0 spiro atoms. The smallest absolute Gasteiger partial charge is 0.138 e. The fourth-order valence-electron chi connectivity index (χ4n) is 6.73. The molecule has 0 aliphatic heterocycles. The summed E-state index contributed by atoms with van der Waals surface area (Å²) in [6, 6.07) is 37.4. The van der Waals surface area contributed by atoms with Gasteiger partial charge in [0, 0.05) is 76.1 Å². The number of pyridine rings is 2. The van der Waals surface area contributed by atoms with Crippen LogP contribution in [0.15, 0.2) is 116 Å². The Morgan fingerprint density at radius 2 is 1.37 bits per heavy atom. The minimum absolute atomic E-state index is 0.938. The van der Waals surface area contributed by atoms with Crippen molar-refractivity contribution in [1.82, 2.24) is 19.5 Å². The van der Waals surface area contributed by atoms with E-state index in [2.05, 4.69) is 106 Å². The maximum absolute atomic E-state index is 4.75. The Balaban J connectivity index is 1.28. The van der Waals surface area contributed by atoms with Gasteiger partial charge in [-0.3, -0.25) is 4.98 Å². The standard InChI is InChI=1S/C36H20N4S/c1-3-9-30-23(6-1)22-12-11-21(14-20(22)19-38-30)40-32-10-4-2-7-24(32)27-16-29-28-15-26-25-8-5-13-37-36(25)39-31(26)17-34(28)41-35(29)18-33(27)40/h1-19H,(H,37,39).